The molecule has 47 heavy (non-hydrogen) atoms. The molecule has 1 heterocycles. The fraction of sp³-hybridized carbons (Fsp3) is 0.200. The van der Waals surface area contributed by atoms with Crippen molar-refractivity contribution in [2.45, 2.75) is 44.4 Å². The number of rotatable bonds is 5. The van der Waals surface area contributed by atoms with Gasteiger partial charge in [0.15, 0.2) is 0 Å². The van der Waals surface area contributed by atoms with Gasteiger partial charge in [0.25, 0.3) is 11.8 Å². The van der Waals surface area contributed by atoms with Gasteiger partial charge in [-0.3, -0.25) is 14.5 Å². The van der Waals surface area contributed by atoms with Crippen molar-refractivity contribution in [1.29, 1.82) is 0 Å². The van der Waals surface area contributed by atoms with E-state index in [0.29, 0.717) is 23.6 Å². The van der Waals surface area contributed by atoms with Gasteiger partial charge in [-0.25, -0.2) is 0 Å². The number of nitrogens with zero attached hydrogens (tertiary/aromatic N) is 1. The minimum atomic E-state index is -0.170. The van der Waals surface area contributed by atoms with E-state index >= 15 is 0 Å². The molecule has 0 saturated heterocycles. The van der Waals surface area contributed by atoms with Crippen LogP contribution in [0.1, 0.15) is 82.0 Å². The molecule has 236 valence electrons. The second kappa shape index (κ2) is 12.9. The zero-order chi connectivity index (χ0) is 33.0. The molecular weight excluding hydrogens is 846 g/mol. The van der Waals surface area contributed by atoms with Crippen LogP contribution in [0.2, 0.25) is 0 Å². The monoisotopic (exact) mass is 873 g/mol. The van der Waals surface area contributed by atoms with Gasteiger partial charge in [-0.1, -0.05) is 120 Å². The van der Waals surface area contributed by atoms with Crippen LogP contribution in [0.25, 0.3) is 22.3 Å². The number of imide groups is 1. The molecular formula is C40H31Br4NO2. The van der Waals surface area contributed by atoms with Gasteiger partial charge in [0.2, 0.25) is 0 Å². The van der Waals surface area contributed by atoms with Crippen LogP contribution in [0, 0.1) is 0 Å². The second-order valence-corrected chi connectivity index (χ2v) is 16.3. The van der Waals surface area contributed by atoms with Crippen molar-refractivity contribution in [2.75, 3.05) is 6.54 Å². The number of amides is 2. The normalized spacial score (nSPS) is 15.1. The van der Waals surface area contributed by atoms with E-state index in [2.05, 4.69) is 150 Å². The van der Waals surface area contributed by atoms with Crippen LogP contribution in [-0.2, 0) is 5.41 Å². The average molecular weight is 877 g/mol. The minimum absolute atomic E-state index is 0.111. The largest absolute Gasteiger partial charge is 0.274 e. The van der Waals surface area contributed by atoms with Crippen LogP contribution >= 0.6 is 63.7 Å². The number of unbranched alkanes of at least 4 members (excludes halogenated alkanes) is 1. The number of carbonyl (C=O) groups is 2. The fourth-order valence-electron chi connectivity index (χ4n) is 7.46. The molecule has 0 saturated carbocycles. The molecule has 7 heteroatoms. The van der Waals surface area contributed by atoms with Crippen molar-refractivity contribution in [1.82, 2.24) is 4.90 Å². The molecule has 5 aromatic rings. The first-order valence-electron chi connectivity index (χ1n) is 15.7. The Kier molecular flexibility index (Phi) is 8.96. The van der Waals surface area contributed by atoms with E-state index in [9.17, 15) is 9.59 Å². The zero-order valence-electron chi connectivity index (χ0n) is 25.9. The van der Waals surface area contributed by atoms with E-state index in [4.69, 9.17) is 0 Å². The van der Waals surface area contributed by atoms with Crippen molar-refractivity contribution >= 4 is 75.5 Å². The SMILES string of the molecule is CC1(CCCCN2C(=O)c3ccccc3C2=O)c2cc(Br)ccc2-c2ccc(Br)cc21.CC1c2cc(Br)ccc2-c2ccc(Br)cc21. The number of hydrogen-bond donors (Lipinski definition) is 0. The van der Waals surface area contributed by atoms with Crippen LogP contribution in [0.5, 0.6) is 0 Å². The first kappa shape index (κ1) is 32.7. The molecule has 1 aliphatic heterocycles. The number of halogens is 4. The number of benzene rings is 5. The summed E-state index contributed by atoms with van der Waals surface area (Å²) >= 11 is 14.4. The first-order valence-corrected chi connectivity index (χ1v) is 18.9. The lowest BCUT2D eigenvalue weighted by Gasteiger charge is -2.28. The third-order valence-electron chi connectivity index (χ3n) is 9.88. The molecule has 2 amide bonds. The lowest BCUT2D eigenvalue weighted by molar-refractivity contribution is 0.0651. The summed E-state index contributed by atoms with van der Waals surface area (Å²) in [6.07, 6.45) is 2.65. The standard InChI is InChI=1S/C26H21Br2NO2.C14H10Br2/c1-26(12-4-5-13-29-24(30)20-6-2-3-7-21(20)25(29)31)22-14-16(27)8-10-18(22)19-11-9-17(28)15-23(19)26;1-8-13-6-9(15)2-4-11(13)12-5-3-10(16)7-14(8)12/h2-3,6-11,14-15H,4-5,12-13H2,1H3;2-8H,1H3. The predicted octanol–water partition coefficient (Wildman–Crippen LogP) is 12.3. The molecule has 0 fully saturated rings. The fourth-order valence-corrected chi connectivity index (χ4v) is 8.94. The molecule has 0 radical (unpaired) electrons. The molecule has 0 atom stereocenters. The minimum Gasteiger partial charge on any atom is -0.274 e. The van der Waals surface area contributed by atoms with Crippen LogP contribution in [0.15, 0.2) is 115 Å². The van der Waals surface area contributed by atoms with Crippen LogP contribution in [0.3, 0.4) is 0 Å². The van der Waals surface area contributed by atoms with Gasteiger partial charge >= 0.3 is 0 Å². The van der Waals surface area contributed by atoms with E-state index < -0.39 is 0 Å². The molecule has 5 aromatic carbocycles. The van der Waals surface area contributed by atoms with Gasteiger partial charge in [-0.05, 0) is 118 Å². The topological polar surface area (TPSA) is 37.4 Å². The Hall–Kier alpha value is -2.84. The van der Waals surface area contributed by atoms with Crippen molar-refractivity contribution in [3.05, 3.63) is 148 Å². The summed E-state index contributed by atoms with van der Waals surface area (Å²) in [5.41, 5.74) is 11.7. The van der Waals surface area contributed by atoms with Gasteiger partial charge < -0.3 is 0 Å². The van der Waals surface area contributed by atoms with E-state index in [1.165, 1.54) is 49.4 Å². The third-order valence-corrected chi connectivity index (χ3v) is 11.9. The first-order chi connectivity index (χ1) is 22.6. The van der Waals surface area contributed by atoms with Gasteiger partial charge in [-0.2, -0.15) is 0 Å². The van der Waals surface area contributed by atoms with Crippen molar-refractivity contribution in [2.24, 2.45) is 0 Å². The lowest BCUT2D eigenvalue weighted by atomic mass is 9.76. The van der Waals surface area contributed by atoms with E-state index in [1.807, 2.05) is 0 Å². The predicted molar refractivity (Wildman–Crippen MR) is 204 cm³/mol. The molecule has 0 spiro atoms. The Balaban J connectivity index is 0.000000183. The number of hydrogen-bond acceptors (Lipinski definition) is 2. The van der Waals surface area contributed by atoms with Crippen LogP contribution in [0.4, 0.5) is 0 Å². The number of carbonyl (C=O) groups excluding carboxylic acids is 2. The molecule has 0 unspecified atom stereocenters. The van der Waals surface area contributed by atoms with E-state index in [1.54, 1.807) is 24.3 Å². The molecule has 3 aliphatic rings. The maximum absolute atomic E-state index is 12.6. The lowest BCUT2D eigenvalue weighted by Crippen LogP contribution is -2.31. The molecule has 2 aliphatic carbocycles. The van der Waals surface area contributed by atoms with E-state index in [0.717, 1.165) is 37.2 Å². The Morgan fingerprint density at radius 3 is 1.47 bits per heavy atom. The van der Waals surface area contributed by atoms with Gasteiger partial charge in [0, 0.05) is 35.8 Å². The molecule has 0 aromatic heterocycles. The summed E-state index contributed by atoms with van der Waals surface area (Å²) in [7, 11) is 0. The third kappa shape index (κ3) is 5.81. The quantitative estimate of drug-likeness (QED) is 0.130. The summed E-state index contributed by atoms with van der Waals surface area (Å²) in [5.74, 6) is 0.146. The molecule has 0 bridgehead atoms. The smallest absolute Gasteiger partial charge is 0.261 e. The summed E-state index contributed by atoms with van der Waals surface area (Å²) in [6.45, 7) is 5.03. The Morgan fingerprint density at radius 1 is 0.574 bits per heavy atom. The summed E-state index contributed by atoms with van der Waals surface area (Å²) in [4.78, 5) is 26.6. The highest BCUT2D eigenvalue weighted by Gasteiger charge is 2.40. The Labute approximate surface area is 309 Å². The highest BCUT2D eigenvalue weighted by Crippen LogP contribution is 2.52. The van der Waals surface area contributed by atoms with Crippen LogP contribution in [-0.4, -0.2) is 23.3 Å². The molecule has 3 nitrogen and oxygen atoms in total. The van der Waals surface area contributed by atoms with Crippen molar-refractivity contribution in [3.63, 3.8) is 0 Å². The Morgan fingerprint density at radius 2 is 1.00 bits per heavy atom. The van der Waals surface area contributed by atoms with Crippen molar-refractivity contribution in [3.8, 4) is 22.3 Å². The Bertz CT molecular complexity index is 1950. The maximum Gasteiger partial charge on any atom is 0.261 e. The second-order valence-electron chi connectivity index (χ2n) is 12.7. The average Bonchev–Trinajstić information content (AvgIpc) is 3.57. The number of fused-ring (bicyclic) bond motifs is 7. The van der Waals surface area contributed by atoms with E-state index in [-0.39, 0.29) is 17.2 Å². The summed E-state index contributed by atoms with van der Waals surface area (Å²) < 4.78 is 4.47. The van der Waals surface area contributed by atoms with Gasteiger partial charge in [0.1, 0.15) is 0 Å². The van der Waals surface area contributed by atoms with Crippen LogP contribution < -0.4 is 0 Å². The maximum atomic E-state index is 12.6. The van der Waals surface area contributed by atoms with Crippen molar-refractivity contribution < 1.29 is 9.59 Å². The van der Waals surface area contributed by atoms with Gasteiger partial charge in [-0.15, -0.1) is 0 Å². The zero-order valence-corrected chi connectivity index (χ0v) is 32.3. The molecule has 8 rings (SSSR count). The summed E-state index contributed by atoms with van der Waals surface area (Å²) in [5, 5.41) is 0. The molecule has 0 N–H and O–H groups in total. The highest BCUT2D eigenvalue weighted by atomic mass is 79.9. The summed E-state index contributed by atoms with van der Waals surface area (Å²) in [6, 6.07) is 33.2. The highest BCUT2D eigenvalue weighted by molar-refractivity contribution is 9.11. The van der Waals surface area contributed by atoms with Gasteiger partial charge in [0.05, 0.1) is 11.1 Å².